The van der Waals surface area contributed by atoms with E-state index in [-0.39, 0.29) is 18.7 Å². The van der Waals surface area contributed by atoms with E-state index in [2.05, 4.69) is 9.50 Å². The van der Waals surface area contributed by atoms with Crippen molar-refractivity contribution in [1.82, 2.24) is 5.32 Å². The minimum atomic E-state index is -3.56. The van der Waals surface area contributed by atoms with Gasteiger partial charge in [0.1, 0.15) is 11.1 Å². The van der Waals surface area contributed by atoms with Crippen molar-refractivity contribution >= 4 is 27.0 Å². The molecule has 0 radical (unpaired) electrons. The molecule has 0 unspecified atom stereocenters. The maximum absolute atomic E-state index is 11.9. The van der Waals surface area contributed by atoms with Crippen LogP contribution in [0.2, 0.25) is 0 Å². The molecular formula is C13H13NO6S. The Morgan fingerprint density at radius 2 is 2.05 bits per heavy atom. The Hall–Kier alpha value is -2.19. The molecule has 1 aromatic carbocycles. The zero-order chi connectivity index (χ0) is 15.5. The van der Waals surface area contributed by atoms with Crippen LogP contribution in [0.25, 0.3) is 11.0 Å². The maximum Gasteiger partial charge on any atom is 0.349 e. The molecule has 0 spiro atoms. The fourth-order valence-electron chi connectivity index (χ4n) is 1.67. The molecule has 0 saturated carbocycles. The second kappa shape index (κ2) is 6.06. The predicted octanol–water partition coefficient (Wildman–Crippen LogP) is 0.499. The van der Waals surface area contributed by atoms with Crippen LogP contribution in [0.3, 0.4) is 0 Å². The molecule has 1 amide bonds. The van der Waals surface area contributed by atoms with Crippen molar-refractivity contribution in [1.29, 1.82) is 0 Å². The van der Waals surface area contributed by atoms with Gasteiger partial charge in [0.05, 0.1) is 12.9 Å². The first kappa shape index (κ1) is 15.2. The summed E-state index contributed by atoms with van der Waals surface area (Å²) >= 11 is 0. The second-order valence-electron chi connectivity index (χ2n) is 4.27. The molecule has 21 heavy (non-hydrogen) atoms. The van der Waals surface area contributed by atoms with Crippen molar-refractivity contribution < 1.29 is 21.8 Å². The lowest BCUT2D eigenvalue weighted by Crippen LogP contribution is -2.31. The average Bonchev–Trinajstić information content (AvgIpc) is 2.41. The summed E-state index contributed by atoms with van der Waals surface area (Å²) in [5, 5.41) is 3.01. The number of amides is 1. The van der Waals surface area contributed by atoms with E-state index < -0.39 is 21.7 Å². The second-order valence-corrected chi connectivity index (χ2v) is 5.91. The minimum absolute atomic E-state index is 0.0435. The first-order chi connectivity index (χ1) is 9.87. The maximum atomic E-state index is 11.9. The number of carbonyl (C=O) groups excluding carboxylic acids is 1. The van der Waals surface area contributed by atoms with Gasteiger partial charge in [-0.15, -0.1) is 0 Å². The van der Waals surface area contributed by atoms with Crippen molar-refractivity contribution in [2.24, 2.45) is 0 Å². The van der Waals surface area contributed by atoms with E-state index in [0.717, 1.165) is 6.26 Å². The third-order valence-corrected chi connectivity index (χ3v) is 3.17. The number of fused-ring (bicyclic) bond motifs is 1. The summed E-state index contributed by atoms with van der Waals surface area (Å²) in [6, 6.07) is 8.23. The number of para-hydroxylation sites is 1. The number of benzene rings is 1. The molecule has 2 aromatic rings. The monoisotopic (exact) mass is 311 g/mol. The molecule has 1 heterocycles. The molecule has 1 N–H and O–H groups in total. The highest BCUT2D eigenvalue weighted by Crippen LogP contribution is 2.12. The number of carbonyl (C=O) groups is 1. The lowest BCUT2D eigenvalue weighted by atomic mass is 10.2. The summed E-state index contributed by atoms with van der Waals surface area (Å²) in [7, 11) is -3.56. The molecule has 112 valence electrons. The van der Waals surface area contributed by atoms with Crippen molar-refractivity contribution in [2.45, 2.75) is 0 Å². The molecule has 0 aliphatic carbocycles. The topological polar surface area (TPSA) is 103 Å². The Morgan fingerprint density at radius 1 is 1.33 bits per heavy atom. The largest absolute Gasteiger partial charge is 0.422 e. The van der Waals surface area contributed by atoms with Gasteiger partial charge in [-0.1, -0.05) is 18.2 Å². The van der Waals surface area contributed by atoms with Crippen LogP contribution in [0.4, 0.5) is 0 Å². The van der Waals surface area contributed by atoms with Gasteiger partial charge in [-0.05, 0) is 12.1 Å². The molecule has 0 bridgehead atoms. The van der Waals surface area contributed by atoms with Crippen LogP contribution in [-0.4, -0.2) is 33.7 Å². The van der Waals surface area contributed by atoms with Gasteiger partial charge in [0.15, 0.2) is 0 Å². The van der Waals surface area contributed by atoms with Crippen LogP contribution in [0.15, 0.2) is 39.5 Å². The van der Waals surface area contributed by atoms with Gasteiger partial charge in [-0.3, -0.25) is 8.98 Å². The highest BCUT2D eigenvalue weighted by molar-refractivity contribution is 7.85. The zero-order valence-corrected chi connectivity index (χ0v) is 12.0. The third-order valence-electron chi connectivity index (χ3n) is 2.57. The van der Waals surface area contributed by atoms with Gasteiger partial charge in [0.2, 0.25) is 0 Å². The van der Waals surface area contributed by atoms with E-state index in [0.29, 0.717) is 11.0 Å². The van der Waals surface area contributed by atoms with E-state index in [4.69, 9.17) is 4.42 Å². The minimum Gasteiger partial charge on any atom is -0.422 e. The number of nitrogens with one attached hydrogen (secondary N) is 1. The van der Waals surface area contributed by atoms with E-state index in [9.17, 15) is 18.0 Å². The average molecular weight is 311 g/mol. The van der Waals surface area contributed by atoms with Crippen LogP contribution >= 0.6 is 0 Å². The van der Waals surface area contributed by atoms with Crippen LogP contribution < -0.4 is 10.9 Å². The van der Waals surface area contributed by atoms with Crippen molar-refractivity contribution in [3.8, 4) is 0 Å². The summed E-state index contributed by atoms with van der Waals surface area (Å²) in [5.74, 6) is -0.647. The Morgan fingerprint density at radius 3 is 2.76 bits per heavy atom. The molecule has 0 atom stereocenters. The van der Waals surface area contributed by atoms with Crippen molar-refractivity contribution in [2.75, 3.05) is 19.4 Å². The molecule has 0 aliphatic heterocycles. The molecule has 0 aliphatic rings. The molecule has 0 fully saturated rings. The van der Waals surface area contributed by atoms with E-state index in [1.165, 1.54) is 6.07 Å². The summed E-state index contributed by atoms with van der Waals surface area (Å²) in [4.78, 5) is 23.6. The summed E-state index contributed by atoms with van der Waals surface area (Å²) < 4.78 is 31.0. The van der Waals surface area contributed by atoms with E-state index in [1.54, 1.807) is 24.3 Å². The molecule has 0 saturated heterocycles. The quantitative estimate of drug-likeness (QED) is 0.490. The van der Waals surface area contributed by atoms with E-state index >= 15 is 0 Å². The molecule has 7 nitrogen and oxygen atoms in total. The van der Waals surface area contributed by atoms with Crippen LogP contribution in [0.5, 0.6) is 0 Å². The van der Waals surface area contributed by atoms with E-state index in [1.807, 2.05) is 0 Å². The fraction of sp³-hybridized carbons (Fsp3) is 0.231. The third kappa shape index (κ3) is 4.14. The zero-order valence-electron chi connectivity index (χ0n) is 11.2. The Labute approximate surface area is 120 Å². The lowest BCUT2D eigenvalue weighted by Gasteiger charge is -2.05. The first-order valence-corrected chi connectivity index (χ1v) is 7.84. The van der Waals surface area contributed by atoms with Gasteiger partial charge >= 0.3 is 5.63 Å². The first-order valence-electron chi connectivity index (χ1n) is 6.02. The molecular weight excluding hydrogens is 298 g/mol. The standard InChI is InChI=1S/C13H13NO6S/c1-21(17,18)19-7-6-14-12(15)10-8-9-4-2-3-5-11(9)20-13(10)16/h2-5,8H,6-7H2,1H3,(H,14,15). The van der Waals surface area contributed by atoms with Crippen LogP contribution in [-0.2, 0) is 14.3 Å². The van der Waals surface area contributed by atoms with Gasteiger partial charge in [0.25, 0.3) is 16.0 Å². The van der Waals surface area contributed by atoms with Gasteiger partial charge in [-0.25, -0.2) is 4.79 Å². The van der Waals surface area contributed by atoms with Gasteiger partial charge < -0.3 is 9.73 Å². The normalized spacial score (nSPS) is 11.5. The molecule has 1 aromatic heterocycles. The van der Waals surface area contributed by atoms with Crippen LogP contribution in [0, 0.1) is 0 Å². The lowest BCUT2D eigenvalue weighted by molar-refractivity contribution is 0.0943. The number of rotatable bonds is 5. The Balaban J connectivity index is 2.09. The fourth-order valence-corrected chi connectivity index (χ4v) is 2.06. The highest BCUT2D eigenvalue weighted by atomic mass is 32.2. The van der Waals surface area contributed by atoms with Gasteiger partial charge in [-0.2, -0.15) is 8.42 Å². The van der Waals surface area contributed by atoms with Crippen molar-refractivity contribution in [3.05, 3.63) is 46.3 Å². The summed E-state index contributed by atoms with van der Waals surface area (Å²) in [6.45, 7) is -0.248. The number of hydrogen-bond donors (Lipinski definition) is 1. The van der Waals surface area contributed by atoms with Crippen molar-refractivity contribution in [3.63, 3.8) is 0 Å². The molecule has 8 heteroatoms. The van der Waals surface area contributed by atoms with Crippen LogP contribution in [0.1, 0.15) is 10.4 Å². The van der Waals surface area contributed by atoms with Gasteiger partial charge in [0, 0.05) is 11.9 Å². The summed E-state index contributed by atoms with van der Waals surface area (Å²) in [5.41, 5.74) is -0.511. The Bertz CT molecular complexity index is 824. The predicted molar refractivity (Wildman–Crippen MR) is 75.6 cm³/mol. The highest BCUT2D eigenvalue weighted by Gasteiger charge is 2.13. The Kier molecular flexibility index (Phi) is 4.39. The smallest absolute Gasteiger partial charge is 0.349 e. The number of hydrogen-bond acceptors (Lipinski definition) is 6. The SMILES string of the molecule is CS(=O)(=O)OCCNC(=O)c1cc2ccccc2oc1=O. The summed E-state index contributed by atoms with van der Waals surface area (Å²) in [6.07, 6.45) is 0.910. The molecule has 2 rings (SSSR count).